The molecule has 0 aliphatic heterocycles. The van der Waals surface area contributed by atoms with Crippen LogP contribution in [0.1, 0.15) is 35.2 Å². The zero-order valence-corrected chi connectivity index (χ0v) is 12.0. The lowest BCUT2D eigenvalue weighted by molar-refractivity contribution is 0.475. The highest BCUT2D eigenvalue weighted by atomic mass is 16.3. The van der Waals surface area contributed by atoms with Crippen molar-refractivity contribution in [2.24, 2.45) is 0 Å². The molecule has 0 aromatic heterocycles. The number of anilines is 1. The molecule has 0 fully saturated rings. The summed E-state index contributed by atoms with van der Waals surface area (Å²) in [5.41, 5.74) is 6.30. The van der Waals surface area contributed by atoms with E-state index in [1.54, 1.807) is 12.1 Å². The highest BCUT2D eigenvalue weighted by Crippen LogP contribution is 2.27. The molecule has 0 amide bonds. The first-order valence-corrected chi connectivity index (χ1v) is 6.60. The Morgan fingerprint density at radius 1 is 0.947 bits per heavy atom. The fraction of sp³-hybridized carbons (Fsp3) is 0.294. The third kappa shape index (κ3) is 3.08. The normalized spacial score (nSPS) is 12.2. The minimum atomic E-state index is 0.241. The number of nitrogens with one attached hydrogen (secondary N) is 1. The minimum absolute atomic E-state index is 0.241. The summed E-state index contributed by atoms with van der Waals surface area (Å²) in [6.45, 7) is 8.61. The molecule has 0 saturated carbocycles. The van der Waals surface area contributed by atoms with Crippen molar-refractivity contribution >= 4 is 5.69 Å². The number of benzene rings is 2. The van der Waals surface area contributed by atoms with Gasteiger partial charge in [-0.2, -0.15) is 0 Å². The quantitative estimate of drug-likeness (QED) is 0.792. The summed E-state index contributed by atoms with van der Waals surface area (Å²) >= 11 is 0. The van der Waals surface area contributed by atoms with Crippen LogP contribution < -0.4 is 5.32 Å². The number of aryl methyl sites for hydroxylation is 3. The van der Waals surface area contributed by atoms with E-state index in [-0.39, 0.29) is 6.04 Å². The van der Waals surface area contributed by atoms with Gasteiger partial charge in [-0.3, -0.25) is 0 Å². The van der Waals surface area contributed by atoms with Crippen LogP contribution in [0, 0.1) is 20.8 Å². The Balaban J connectivity index is 2.25. The van der Waals surface area contributed by atoms with Crippen molar-refractivity contribution in [2.75, 3.05) is 5.32 Å². The van der Waals surface area contributed by atoms with Crippen LogP contribution in [0.3, 0.4) is 0 Å². The van der Waals surface area contributed by atoms with Crippen LogP contribution in [0.2, 0.25) is 0 Å². The first kappa shape index (κ1) is 13.5. The molecule has 2 aromatic carbocycles. The van der Waals surface area contributed by atoms with Crippen molar-refractivity contribution in [3.63, 3.8) is 0 Å². The van der Waals surface area contributed by atoms with Crippen LogP contribution in [-0.2, 0) is 0 Å². The topological polar surface area (TPSA) is 32.3 Å². The van der Waals surface area contributed by atoms with Crippen LogP contribution >= 0.6 is 0 Å². The Morgan fingerprint density at radius 2 is 1.47 bits per heavy atom. The summed E-state index contributed by atoms with van der Waals surface area (Å²) in [4.78, 5) is 0. The zero-order valence-electron chi connectivity index (χ0n) is 12.0. The summed E-state index contributed by atoms with van der Waals surface area (Å²) in [5.74, 6) is 0.293. The molecule has 0 saturated heterocycles. The molecule has 0 radical (unpaired) electrons. The maximum absolute atomic E-state index is 9.30. The first-order valence-electron chi connectivity index (χ1n) is 6.60. The van der Waals surface area contributed by atoms with Gasteiger partial charge in [0.25, 0.3) is 0 Å². The molecule has 0 bridgehead atoms. The van der Waals surface area contributed by atoms with Crippen molar-refractivity contribution in [3.8, 4) is 5.75 Å². The highest BCUT2D eigenvalue weighted by molar-refractivity contribution is 5.50. The van der Waals surface area contributed by atoms with Crippen molar-refractivity contribution in [3.05, 3.63) is 58.7 Å². The molecule has 2 N–H and O–H groups in total. The second-order valence-electron chi connectivity index (χ2n) is 5.23. The molecule has 2 nitrogen and oxygen atoms in total. The summed E-state index contributed by atoms with van der Waals surface area (Å²) in [5, 5.41) is 12.8. The average Bonchev–Trinajstić information content (AvgIpc) is 2.30. The van der Waals surface area contributed by atoms with E-state index >= 15 is 0 Å². The molecule has 2 heteroatoms. The molecule has 0 aliphatic rings. The van der Waals surface area contributed by atoms with Gasteiger partial charge in [-0.15, -0.1) is 0 Å². The molecule has 19 heavy (non-hydrogen) atoms. The monoisotopic (exact) mass is 255 g/mol. The van der Waals surface area contributed by atoms with Gasteiger partial charge in [-0.1, -0.05) is 17.7 Å². The Labute approximate surface area is 115 Å². The molecule has 2 rings (SSSR count). The van der Waals surface area contributed by atoms with Crippen LogP contribution in [0.15, 0.2) is 36.4 Å². The second-order valence-corrected chi connectivity index (χ2v) is 5.23. The smallest absolute Gasteiger partial charge is 0.115 e. The standard InChI is InChI=1S/C17H21NO/c1-11-9-12(2)17(13(3)10-11)14(4)18-15-5-7-16(19)8-6-15/h5-10,14,18-19H,1-4H3. The third-order valence-electron chi connectivity index (χ3n) is 3.42. The van der Waals surface area contributed by atoms with Gasteiger partial charge in [-0.05, 0) is 68.7 Å². The summed E-state index contributed by atoms with van der Waals surface area (Å²) < 4.78 is 0. The molecular formula is C17H21NO. The van der Waals surface area contributed by atoms with E-state index in [9.17, 15) is 5.11 Å². The summed E-state index contributed by atoms with van der Waals surface area (Å²) in [6.07, 6.45) is 0. The van der Waals surface area contributed by atoms with Gasteiger partial charge < -0.3 is 10.4 Å². The van der Waals surface area contributed by atoms with Gasteiger partial charge in [0.05, 0.1) is 0 Å². The lowest BCUT2D eigenvalue weighted by Crippen LogP contribution is -2.10. The van der Waals surface area contributed by atoms with Crippen LogP contribution in [0.5, 0.6) is 5.75 Å². The van der Waals surface area contributed by atoms with Crippen molar-refractivity contribution < 1.29 is 5.11 Å². The molecular weight excluding hydrogens is 234 g/mol. The highest BCUT2D eigenvalue weighted by Gasteiger charge is 2.11. The third-order valence-corrected chi connectivity index (χ3v) is 3.42. The maximum Gasteiger partial charge on any atom is 0.115 e. The first-order chi connectivity index (χ1) is 8.97. The van der Waals surface area contributed by atoms with Crippen molar-refractivity contribution in [2.45, 2.75) is 33.7 Å². The van der Waals surface area contributed by atoms with Crippen LogP contribution in [0.4, 0.5) is 5.69 Å². The van der Waals surface area contributed by atoms with E-state index in [4.69, 9.17) is 0 Å². The number of phenolic OH excluding ortho intramolecular Hbond substituents is 1. The van der Waals surface area contributed by atoms with Crippen molar-refractivity contribution in [1.82, 2.24) is 0 Å². The fourth-order valence-electron chi connectivity index (χ4n) is 2.75. The summed E-state index contributed by atoms with van der Waals surface area (Å²) in [7, 11) is 0. The molecule has 0 aliphatic carbocycles. The van der Waals surface area contributed by atoms with E-state index in [0.29, 0.717) is 5.75 Å². The molecule has 100 valence electrons. The van der Waals surface area contributed by atoms with Gasteiger partial charge in [0.2, 0.25) is 0 Å². The number of phenols is 1. The van der Waals surface area contributed by atoms with Crippen LogP contribution in [0.25, 0.3) is 0 Å². The predicted molar refractivity (Wildman–Crippen MR) is 80.8 cm³/mol. The number of hydrogen-bond acceptors (Lipinski definition) is 2. The van der Waals surface area contributed by atoms with Gasteiger partial charge in [0.1, 0.15) is 5.75 Å². The Kier molecular flexibility index (Phi) is 3.79. The number of rotatable bonds is 3. The fourth-order valence-corrected chi connectivity index (χ4v) is 2.75. The molecule has 2 aromatic rings. The van der Waals surface area contributed by atoms with Gasteiger partial charge >= 0.3 is 0 Å². The SMILES string of the molecule is Cc1cc(C)c(C(C)Nc2ccc(O)cc2)c(C)c1. The van der Waals surface area contributed by atoms with Gasteiger partial charge in [0.15, 0.2) is 0 Å². The predicted octanol–water partition coefficient (Wildman–Crippen LogP) is 4.49. The maximum atomic E-state index is 9.30. The van der Waals surface area contributed by atoms with Gasteiger partial charge in [-0.25, -0.2) is 0 Å². The van der Waals surface area contributed by atoms with Crippen molar-refractivity contribution in [1.29, 1.82) is 0 Å². The van der Waals surface area contributed by atoms with Crippen LogP contribution in [-0.4, -0.2) is 5.11 Å². The minimum Gasteiger partial charge on any atom is -0.508 e. The Morgan fingerprint density at radius 3 is 2.00 bits per heavy atom. The number of aromatic hydroxyl groups is 1. The molecule has 0 heterocycles. The largest absolute Gasteiger partial charge is 0.508 e. The van der Waals surface area contributed by atoms with E-state index in [1.807, 2.05) is 12.1 Å². The van der Waals surface area contributed by atoms with E-state index in [1.165, 1.54) is 22.3 Å². The van der Waals surface area contributed by atoms with E-state index in [2.05, 4.69) is 45.1 Å². The average molecular weight is 255 g/mol. The number of hydrogen-bond donors (Lipinski definition) is 2. The zero-order chi connectivity index (χ0) is 14.0. The van der Waals surface area contributed by atoms with E-state index in [0.717, 1.165) is 5.69 Å². The molecule has 1 unspecified atom stereocenters. The molecule has 0 spiro atoms. The lowest BCUT2D eigenvalue weighted by atomic mass is 9.95. The Bertz CT molecular complexity index is 549. The second kappa shape index (κ2) is 5.35. The summed E-state index contributed by atoms with van der Waals surface area (Å²) in [6, 6.07) is 11.9. The van der Waals surface area contributed by atoms with E-state index < -0.39 is 0 Å². The van der Waals surface area contributed by atoms with Gasteiger partial charge in [0, 0.05) is 11.7 Å². The lowest BCUT2D eigenvalue weighted by Gasteiger charge is -2.21. The molecule has 1 atom stereocenters. The Hall–Kier alpha value is -1.96.